The standard InChI is InChI=1S/C8H17NO2/c1-6(10)7-4-9-5-8(2,3)11-7/h6-7,9-10H,4-5H2,1-3H3/t6?,7-/m0/s1. The van der Waals surface area contributed by atoms with Crippen LogP contribution in [0.25, 0.3) is 0 Å². The first kappa shape index (κ1) is 8.97. The molecule has 0 radical (unpaired) electrons. The lowest BCUT2D eigenvalue weighted by Crippen LogP contribution is -2.53. The summed E-state index contributed by atoms with van der Waals surface area (Å²) < 4.78 is 5.62. The van der Waals surface area contributed by atoms with Crippen LogP contribution < -0.4 is 5.32 Å². The molecule has 1 fully saturated rings. The maximum Gasteiger partial charge on any atom is 0.0962 e. The summed E-state index contributed by atoms with van der Waals surface area (Å²) in [6.07, 6.45) is -0.444. The van der Waals surface area contributed by atoms with Crippen LogP contribution >= 0.6 is 0 Å². The van der Waals surface area contributed by atoms with E-state index in [-0.39, 0.29) is 17.8 Å². The molecule has 0 aromatic carbocycles. The molecule has 11 heavy (non-hydrogen) atoms. The van der Waals surface area contributed by atoms with Crippen LogP contribution in [0.2, 0.25) is 0 Å². The summed E-state index contributed by atoms with van der Waals surface area (Å²) >= 11 is 0. The van der Waals surface area contributed by atoms with Crippen molar-refractivity contribution < 1.29 is 9.84 Å². The predicted molar refractivity (Wildman–Crippen MR) is 43.5 cm³/mol. The summed E-state index contributed by atoms with van der Waals surface area (Å²) in [7, 11) is 0. The fourth-order valence-corrected chi connectivity index (χ4v) is 1.28. The molecule has 3 heteroatoms. The first-order valence-electron chi connectivity index (χ1n) is 4.08. The highest BCUT2D eigenvalue weighted by molar-refractivity contribution is 4.83. The number of hydrogen-bond donors (Lipinski definition) is 2. The largest absolute Gasteiger partial charge is 0.391 e. The van der Waals surface area contributed by atoms with Crippen LogP contribution in [-0.4, -0.2) is 36.0 Å². The van der Waals surface area contributed by atoms with Gasteiger partial charge in [0.15, 0.2) is 0 Å². The number of nitrogens with one attached hydrogen (secondary N) is 1. The van der Waals surface area contributed by atoms with E-state index < -0.39 is 0 Å². The maximum atomic E-state index is 9.24. The molecule has 1 aliphatic heterocycles. The van der Waals surface area contributed by atoms with Crippen LogP contribution in [-0.2, 0) is 4.74 Å². The van der Waals surface area contributed by atoms with Crippen molar-refractivity contribution in [3.8, 4) is 0 Å². The van der Waals surface area contributed by atoms with Crippen LogP contribution in [0.1, 0.15) is 20.8 Å². The highest BCUT2D eigenvalue weighted by atomic mass is 16.5. The molecule has 0 aromatic rings. The van der Waals surface area contributed by atoms with Crippen molar-refractivity contribution in [2.45, 2.75) is 38.6 Å². The number of morpholine rings is 1. The normalized spacial score (nSPS) is 33.3. The smallest absolute Gasteiger partial charge is 0.0962 e. The minimum Gasteiger partial charge on any atom is -0.391 e. The van der Waals surface area contributed by atoms with Crippen LogP contribution in [0.5, 0.6) is 0 Å². The summed E-state index contributed by atoms with van der Waals surface area (Å²) in [4.78, 5) is 0. The summed E-state index contributed by atoms with van der Waals surface area (Å²) in [5, 5.41) is 12.5. The van der Waals surface area contributed by atoms with Crippen LogP contribution in [0.4, 0.5) is 0 Å². The number of hydrogen-bond acceptors (Lipinski definition) is 3. The average Bonchev–Trinajstić information content (AvgIpc) is 1.85. The van der Waals surface area contributed by atoms with Crippen molar-refractivity contribution in [2.75, 3.05) is 13.1 Å². The summed E-state index contributed by atoms with van der Waals surface area (Å²) in [6, 6.07) is 0. The quantitative estimate of drug-likeness (QED) is 0.571. The molecule has 0 bridgehead atoms. The van der Waals surface area contributed by atoms with Crippen molar-refractivity contribution in [1.82, 2.24) is 5.32 Å². The molecule has 1 aliphatic rings. The second-order valence-corrected chi connectivity index (χ2v) is 3.79. The molecule has 2 N–H and O–H groups in total. The van der Waals surface area contributed by atoms with Gasteiger partial charge in [-0.1, -0.05) is 0 Å². The van der Waals surface area contributed by atoms with E-state index in [1.807, 2.05) is 13.8 Å². The van der Waals surface area contributed by atoms with Gasteiger partial charge in [-0.2, -0.15) is 0 Å². The lowest BCUT2D eigenvalue weighted by molar-refractivity contribution is -0.132. The fraction of sp³-hybridized carbons (Fsp3) is 1.00. The second-order valence-electron chi connectivity index (χ2n) is 3.79. The Labute approximate surface area is 67.7 Å². The van der Waals surface area contributed by atoms with Crippen LogP contribution in [0, 0.1) is 0 Å². The molecule has 3 nitrogen and oxygen atoms in total. The Bertz CT molecular complexity index is 134. The lowest BCUT2D eigenvalue weighted by Gasteiger charge is -2.37. The second kappa shape index (κ2) is 3.09. The Morgan fingerprint density at radius 3 is 2.64 bits per heavy atom. The van der Waals surface area contributed by atoms with Gasteiger partial charge in [-0.25, -0.2) is 0 Å². The molecular weight excluding hydrogens is 142 g/mol. The van der Waals surface area contributed by atoms with E-state index in [1.54, 1.807) is 6.92 Å². The van der Waals surface area contributed by atoms with E-state index in [0.29, 0.717) is 0 Å². The molecular formula is C8H17NO2. The molecule has 2 atom stereocenters. The molecule has 0 spiro atoms. The van der Waals surface area contributed by atoms with Gasteiger partial charge in [0.1, 0.15) is 0 Å². The lowest BCUT2D eigenvalue weighted by atomic mass is 10.1. The molecule has 1 heterocycles. The molecule has 1 rings (SSSR count). The minimum atomic E-state index is -0.387. The Balaban J connectivity index is 2.46. The van der Waals surface area contributed by atoms with Crippen molar-refractivity contribution >= 4 is 0 Å². The zero-order chi connectivity index (χ0) is 8.48. The first-order valence-corrected chi connectivity index (χ1v) is 4.08. The number of ether oxygens (including phenoxy) is 1. The van der Waals surface area contributed by atoms with Crippen molar-refractivity contribution in [3.63, 3.8) is 0 Å². The van der Waals surface area contributed by atoms with Gasteiger partial charge < -0.3 is 15.2 Å². The number of aliphatic hydroxyl groups is 1. The van der Waals surface area contributed by atoms with Crippen molar-refractivity contribution in [3.05, 3.63) is 0 Å². The topological polar surface area (TPSA) is 41.5 Å². The van der Waals surface area contributed by atoms with Crippen molar-refractivity contribution in [2.24, 2.45) is 0 Å². The highest BCUT2D eigenvalue weighted by Gasteiger charge is 2.30. The summed E-state index contributed by atoms with van der Waals surface area (Å²) in [6.45, 7) is 7.41. The molecule has 1 saturated heterocycles. The number of rotatable bonds is 1. The molecule has 0 amide bonds. The maximum absolute atomic E-state index is 9.24. The fourth-order valence-electron chi connectivity index (χ4n) is 1.28. The van der Waals surface area contributed by atoms with Crippen LogP contribution in [0.15, 0.2) is 0 Å². The Hall–Kier alpha value is -0.120. The molecule has 0 aliphatic carbocycles. The van der Waals surface area contributed by atoms with Gasteiger partial charge in [0.25, 0.3) is 0 Å². The highest BCUT2D eigenvalue weighted by Crippen LogP contribution is 2.16. The van der Waals surface area contributed by atoms with E-state index in [9.17, 15) is 5.11 Å². The molecule has 0 aromatic heterocycles. The van der Waals surface area contributed by atoms with Crippen LogP contribution in [0.3, 0.4) is 0 Å². The van der Waals surface area contributed by atoms with Gasteiger partial charge in [0, 0.05) is 13.1 Å². The Morgan fingerprint density at radius 1 is 1.64 bits per heavy atom. The monoisotopic (exact) mass is 159 g/mol. The van der Waals surface area contributed by atoms with Gasteiger partial charge in [-0.05, 0) is 20.8 Å². The Morgan fingerprint density at radius 2 is 2.27 bits per heavy atom. The molecule has 0 saturated carbocycles. The zero-order valence-corrected chi connectivity index (χ0v) is 7.42. The average molecular weight is 159 g/mol. The number of aliphatic hydroxyl groups excluding tert-OH is 1. The van der Waals surface area contributed by atoms with E-state index in [0.717, 1.165) is 13.1 Å². The van der Waals surface area contributed by atoms with Gasteiger partial charge in [0.2, 0.25) is 0 Å². The SMILES string of the molecule is CC(O)[C@@H]1CNCC(C)(C)O1. The summed E-state index contributed by atoms with van der Waals surface area (Å²) in [5.41, 5.74) is -0.139. The molecule has 66 valence electrons. The minimum absolute atomic E-state index is 0.0567. The van der Waals surface area contributed by atoms with Gasteiger partial charge in [-0.15, -0.1) is 0 Å². The van der Waals surface area contributed by atoms with Gasteiger partial charge in [-0.3, -0.25) is 0 Å². The van der Waals surface area contributed by atoms with Gasteiger partial charge >= 0.3 is 0 Å². The third-order valence-electron chi connectivity index (χ3n) is 1.90. The van der Waals surface area contributed by atoms with E-state index in [2.05, 4.69) is 5.32 Å². The summed E-state index contributed by atoms with van der Waals surface area (Å²) in [5.74, 6) is 0. The predicted octanol–water partition coefficient (Wildman–Crippen LogP) is 0.134. The molecule has 1 unspecified atom stereocenters. The zero-order valence-electron chi connectivity index (χ0n) is 7.42. The third-order valence-corrected chi connectivity index (χ3v) is 1.90. The third kappa shape index (κ3) is 2.43. The Kier molecular flexibility index (Phi) is 2.52. The van der Waals surface area contributed by atoms with E-state index in [1.165, 1.54) is 0 Å². The van der Waals surface area contributed by atoms with E-state index >= 15 is 0 Å². The van der Waals surface area contributed by atoms with Gasteiger partial charge in [0.05, 0.1) is 17.8 Å². The van der Waals surface area contributed by atoms with Crippen molar-refractivity contribution in [1.29, 1.82) is 0 Å². The first-order chi connectivity index (χ1) is 5.01. The van der Waals surface area contributed by atoms with E-state index in [4.69, 9.17) is 4.74 Å².